The first kappa shape index (κ1) is 33.8. The van der Waals surface area contributed by atoms with E-state index in [1.54, 1.807) is 0 Å². The van der Waals surface area contributed by atoms with Gasteiger partial charge in [-0.2, -0.15) is 0 Å². The smallest absolute Gasteiger partial charge is 0.0171 e. The van der Waals surface area contributed by atoms with Crippen LogP contribution in [0.5, 0.6) is 0 Å². The molecule has 12 rings (SSSR count). The Hall–Kier alpha value is -7.28. The van der Waals surface area contributed by atoms with Crippen molar-refractivity contribution in [2.24, 2.45) is 0 Å². The second kappa shape index (κ2) is 12.9. The Morgan fingerprint density at radius 3 is 1.31 bits per heavy atom. The van der Waals surface area contributed by atoms with Gasteiger partial charge in [-0.05, 0) is 139 Å². The molecule has 0 atom stereocenters. The summed E-state index contributed by atoms with van der Waals surface area (Å²) in [6.07, 6.45) is 0. The Balaban J connectivity index is 1.05. The molecule has 0 fully saturated rings. The van der Waals surface area contributed by atoms with Gasteiger partial charge in [0.05, 0.1) is 0 Å². The monoisotopic (exact) mass is 748 g/mol. The molecule has 0 nitrogen and oxygen atoms in total. The molecule has 0 heterocycles. The summed E-state index contributed by atoms with van der Waals surface area (Å²) in [5.41, 5.74) is 15.4. The van der Waals surface area contributed by atoms with Crippen LogP contribution in [0.15, 0.2) is 206 Å². The van der Waals surface area contributed by atoms with Gasteiger partial charge in [0, 0.05) is 5.41 Å². The van der Waals surface area contributed by atoms with E-state index in [0.29, 0.717) is 0 Å². The van der Waals surface area contributed by atoms with Gasteiger partial charge in [-0.15, -0.1) is 0 Å². The van der Waals surface area contributed by atoms with Gasteiger partial charge < -0.3 is 0 Å². The van der Waals surface area contributed by atoms with Gasteiger partial charge in [0.15, 0.2) is 0 Å². The second-order valence-corrected chi connectivity index (χ2v) is 16.8. The Kier molecular flexibility index (Phi) is 7.38. The topological polar surface area (TPSA) is 0 Å². The Morgan fingerprint density at radius 2 is 0.678 bits per heavy atom. The Bertz CT molecular complexity index is 3470. The molecule has 0 saturated carbocycles. The molecule has 0 spiro atoms. The van der Waals surface area contributed by atoms with Crippen molar-refractivity contribution >= 4 is 53.9 Å². The maximum absolute atomic E-state index is 2.44. The lowest BCUT2D eigenvalue weighted by atomic mass is 9.76. The summed E-state index contributed by atoms with van der Waals surface area (Å²) in [5.74, 6) is 0. The molecule has 0 N–H and O–H groups in total. The predicted molar refractivity (Wildman–Crippen MR) is 253 cm³/mol. The number of fused-ring (bicyclic) bond motifs is 11. The van der Waals surface area contributed by atoms with Gasteiger partial charge >= 0.3 is 0 Å². The lowest BCUT2D eigenvalue weighted by Crippen LogP contribution is -2.17. The minimum Gasteiger partial charge on any atom is -0.0616 e. The van der Waals surface area contributed by atoms with Crippen LogP contribution >= 0.6 is 0 Å². The van der Waals surface area contributed by atoms with Gasteiger partial charge in [-0.25, -0.2) is 0 Å². The van der Waals surface area contributed by atoms with Crippen LogP contribution in [0.4, 0.5) is 0 Å². The highest BCUT2D eigenvalue weighted by molar-refractivity contribution is 6.22. The third-order valence-electron chi connectivity index (χ3n) is 13.1. The summed E-state index contributed by atoms with van der Waals surface area (Å²) in [5, 5.41) is 12.9. The van der Waals surface area contributed by atoms with Crippen molar-refractivity contribution in [3.05, 3.63) is 217 Å². The molecular formula is C59H40. The average molecular weight is 749 g/mol. The molecule has 11 aromatic rings. The minimum atomic E-state index is -0.205. The standard InChI is InChI=1S/C59H40/c1-59(2)57-44(30-15-31-53(57)56-47-24-7-5-22-45(47)46-23-6-12-29-52(46)58(56)59)41-19-14-21-43(36-41)55-50-27-10-8-25-48(50)54(49-26-9-11-28-51(49)55)42-20-13-18-39(35-42)40-33-32-37-16-3-4-17-38(37)34-40/h3-36H,1-2H3. The molecule has 0 amide bonds. The van der Waals surface area contributed by atoms with Crippen LogP contribution in [0.1, 0.15) is 25.0 Å². The Morgan fingerprint density at radius 1 is 0.254 bits per heavy atom. The summed E-state index contributed by atoms with van der Waals surface area (Å²) in [6, 6.07) is 76.8. The molecule has 0 aliphatic heterocycles. The SMILES string of the molecule is CC1(C)c2c(-c3cccc(-c4c5ccccc5c(-c5cccc(-c6ccc7ccccc7c6)c5)c5ccccc45)c3)cccc2-c2c1c1ccccc1c1ccccc21. The maximum Gasteiger partial charge on any atom is 0.0171 e. The van der Waals surface area contributed by atoms with E-state index >= 15 is 0 Å². The fraction of sp³-hybridized carbons (Fsp3) is 0.0508. The third-order valence-corrected chi connectivity index (χ3v) is 13.1. The fourth-order valence-corrected chi connectivity index (χ4v) is 10.7. The van der Waals surface area contributed by atoms with Gasteiger partial charge in [0.25, 0.3) is 0 Å². The number of hydrogen-bond donors (Lipinski definition) is 0. The van der Waals surface area contributed by atoms with Crippen molar-refractivity contribution in [2.45, 2.75) is 19.3 Å². The van der Waals surface area contributed by atoms with E-state index in [1.165, 1.54) is 121 Å². The quantitative estimate of drug-likeness (QED) is 0.124. The second-order valence-electron chi connectivity index (χ2n) is 16.8. The van der Waals surface area contributed by atoms with E-state index in [1.807, 2.05) is 0 Å². The third kappa shape index (κ3) is 5.03. The van der Waals surface area contributed by atoms with Crippen LogP contribution in [0, 0.1) is 0 Å². The maximum atomic E-state index is 2.44. The lowest BCUT2D eigenvalue weighted by molar-refractivity contribution is 0.668. The summed E-state index contributed by atoms with van der Waals surface area (Å²) >= 11 is 0. The van der Waals surface area contributed by atoms with Crippen molar-refractivity contribution in [1.82, 2.24) is 0 Å². The molecule has 1 aliphatic rings. The van der Waals surface area contributed by atoms with Crippen LogP contribution in [0.25, 0.3) is 109 Å². The van der Waals surface area contributed by atoms with E-state index in [9.17, 15) is 0 Å². The normalized spacial score (nSPS) is 13.1. The summed E-state index contributed by atoms with van der Waals surface area (Å²) in [6.45, 7) is 4.86. The largest absolute Gasteiger partial charge is 0.0616 e. The van der Waals surface area contributed by atoms with Gasteiger partial charge in [-0.1, -0.05) is 202 Å². The summed E-state index contributed by atoms with van der Waals surface area (Å²) < 4.78 is 0. The van der Waals surface area contributed by atoms with E-state index in [2.05, 4.69) is 220 Å². The zero-order chi connectivity index (χ0) is 39.2. The molecule has 0 aromatic heterocycles. The number of benzene rings is 11. The predicted octanol–water partition coefficient (Wildman–Crippen LogP) is 16.4. The van der Waals surface area contributed by atoms with Gasteiger partial charge in [0.1, 0.15) is 0 Å². The average Bonchev–Trinajstić information content (AvgIpc) is 3.55. The molecule has 0 heteroatoms. The molecule has 0 bridgehead atoms. The molecule has 276 valence electrons. The van der Waals surface area contributed by atoms with Crippen LogP contribution in [-0.4, -0.2) is 0 Å². The fourth-order valence-electron chi connectivity index (χ4n) is 10.7. The first-order chi connectivity index (χ1) is 29.0. The number of hydrogen-bond acceptors (Lipinski definition) is 0. The highest BCUT2D eigenvalue weighted by Crippen LogP contribution is 2.57. The van der Waals surface area contributed by atoms with E-state index in [-0.39, 0.29) is 5.41 Å². The van der Waals surface area contributed by atoms with Gasteiger partial charge in [-0.3, -0.25) is 0 Å². The molecule has 1 aliphatic carbocycles. The van der Waals surface area contributed by atoms with Crippen LogP contribution < -0.4 is 0 Å². The zero-order valence-electron chi connectivity index (χ0n) is 33.1. The van der Waals surface area contributed by atoms with Crippen molar-refractivity contribution in [2.75, 3.05) is 0 Å². The molecule has 0 radical (unpaired) electrons. The first-order valence-corrected chi connectivity index (χ1v) is 20.8. The highest BCUT2D eigenvalue weighted by Gasteiger charge is 2.40. The molecule has 0 saturated heterocycles. The number of rotatable bonds is 4. The molecule has 0 unspecified atom stereocenters. The van der Waals surface area contributed by atoms with E-state index in [0.717, 1.165) is 0 Å². The van der Waals surface area contributed by atoms with Crippen LogP contribution in [0.2, 0.25) is 0 Å². The minimum absolute atomic E-state index is 0.205. The summed E-state index contributed by atoms with van der Waals surface area (Å²) in [4.78, 5) is 0. The molecular weight excluding hydrogens is 709 g/mol. The van der Waals surface area contributed by atoms with Crippen LogP contribution in [-0.2, 0) is 5.41 Å². The van der Waals surface area contributed by atoms with E-state index in [4.69, 9.17) is 0 Å². The highest BCUT2D eigenvalue weighted by atomic mass is 14.4. The molecule has 11 aromatic carbocycles. The van der Waals surface area contributed by atoms with Crippen molar-refractivity contribution < 1.29 is 0 Å². The Labute approximate surface area is 344 Å². The lowest BCUT2D eigenvalue weighted by Gasteiger charge is -2.26. The zero-order valence-corrected chi connectivity index (χ0v) is 33.1. The van der Waals surface area contributed by atoms with Gasteiger partial charge in [0.2, 0.25) is 0 Å². The van der Waals surface area contributed by atoms with E-state index < -0.39 is 0 Å². The van der Waals surface area contributed by atoms with Crippen molar-refractivity contribution in [3.63, 3.8) is 0 Å². The van der Waals surface area contributed by atoms with Crippen molar-refractivity contribution in [3.8, 4) is 55.6 Å². The van der Waals surface area contributed by atoms with Crippen molar-refractivity contribution in [1.29, 1.82) is 0 Å². The molecule has 59 heavy (non-hydrogen) atoms. The first-order valence-electron chi connectivity index (χ1n) is 20.8. The van der Waals surface area contributed by atoms with Crippen LogP contribution in [0.3, 0.4) is 0 Å². The summed E-state index contributed by atoms with van der Waals surface area (Å²) in [7, 11) is 0.